The summed E-state index contributed by atoms with van der Waals surface area (Å²) in [7, 11) is 0. The van der Waals surface area contributed by atoms with Gasteiger partial charge in [0, 0.05) is 12.0 Å². The molecule has 4 nitrogen and oxygen atoms in total. The van der Waals surface area contributed by atoms with Crippen molar-refractivity contribution in [2.75, 3.05) is 6.54 Å². The van der Waals surface area contributed by atoms with Crippen LogP contribution in [0, 0.1) is 12.8 Å². The van der Waals surface area contributed by atoms with Gasteiger partial charge in [-0.2, -0.15) is 0 Å². The third-order valence-corrected chi connectivity index (χ3v) is 4.19. The highest BCUT2D eigenvalue weighted by Crippen LogP contribution is 2.24. The number of hydrogen-bond donors (Lipinski definition) is 2. The number of aryl methyl sites for hydroxylation is 1. The number of carbonyl (C=O) groups is 1. The molecule has 1 aliphatic rings. The van der Waals surface area contributed by atoms with E-state index in [1.165, 1.54) is 0 Å². The topological polar surface area (TPSA) is 64.4 Å². The molecule has 21 heavy (non-hydrogen) atoms. The molecule has 3 unspecified atom stereocenters. The van der Waals surface area contributed by atoms with E-state index in [4.69, 9.17) is 10.5 Å². The number of rotatable bonds is 6. The summed E-state index contributed by atoms with van der Waals surface area (Å²) in [4.78, 5) is 12.1. The predicted octanol–water partition coefficient (Wildman–Crippen LogP) is 2.40. The summed E-state index contributed by atoms with van der Waals surface area (Å²) in [5.41, 5.74) is 6.97. The van der Waals surface area contributed by atoms with E-state index in [1.807, 2.05) is 31.2 Å². The van der Waals surface area contributed by atoms with Crippen LogP contribution >= 0.6 is 0 Å². The highest BCUT2D eigenvalue weighted by Gasteiger charge is 2.27. The zero-order valence-corrected chi connectivity index (χ0v) is 13.0. The Bertz CT molecular complexity index is 476. The molecule has 116 valence electrons. The van der Waals surface area contributed by atoms with E-state index < -0.39 is 0 Å². The number of para-hydroxylation sites is 1. The number of amides is 1. The summed E-state index contributed by atoms with van der Waals surface area (Å²) in [6, 6.07) is 8.14. The van der Waals surface area contributed by atoms with Gasteiger partial charge in [0.05, 0.1) is 6.54 Å². The normalized spacial score (nSPS) is 22.8. The van der Waals surface area contributed by atoms with E-state index in [2.05, 4.69) is 12.2 Å². The molecule has 0 radical (unpaired) electrons. The van der Waals surface area contributed by atoms with Crippen molar-refractivity contribution in [1.82, 2.24) is 5.32 Å². The Morgan fingerprint density at radius 3 is 2.81 bits per heavy atom. The average molecular weight is 290 g/mol. The molecule has 4 heteroatoms. The number of hydrogen-bond acceptors (Lipinski definition) is 3. The van der Waals surface area contributed by atoms with E-state index in [1.54, 1.807) is 0 Å². The number of nitrogens with one attached hydrogen (secondary N) is 1. The second-order valence-corrected chi connectivity index (χ2v) is 5.93. The second kappa shape index (κ2) is 7.46. The Labute approximate surface area is 127 Å². The van der Waals surface area contributed by atoms with Gasteiger partial charge in [-0.05, 0) is 44.2 Å². The Kier molecular flexibility index (Phi) is 5.62. The van der Waals surface area contributed by atoms with Gasteiger partial charge in [0.2, 0.25) is 5.91 Å². The molecule has 0 saturated heterocycles. The SMILES string of the molecule is CCC(CNC(=O)C1CCC(N)C1)Oc1ccccc1C. The number of ether oxygens (including phenoxy) is 1. The molecular weight excluding hydrogens is 264 g/mol. The minimum atomic E-state index is 0.00475. The van der Waals surface area contributed by atoms with Crippen LogP contribution in [0.5, 0.6) is 5.75 Å². The summed E-state index contributed by atoms with van der Waals surface area (Å²) in [5.74, 6) is 1.09. The van der Waals surface area contributed by atoms with Crippen molar-refractivity contribution in [1.29, 1.82) is 0 Å². The molecule has 1 aromatic carbocycles. The maximum absolute atomic E-state index is 12.1. The lowest BCUT2D eigenvalue weighted by Crippen LogP contribution is -2.38. The molecule has 1 aliphatic carbocycles. The lowest BCUT2D eigenvalue weighted by molar-refractivity contribution is -0.125. The number of carbonyl (C=O) groups excluding carboxylic acids is 1. The van der Waals surface area contributed by atoms with Crippen LogP contribution in [0.25, 0.3) is 0 Å². The van der Waals surface area contributed by atoms with Gasteiger partial charge in [-0.25, -0.2) is 0 Å². The van der Waals surface area contributed by atoms with Gasteiger partial charge in [0.15, 0.2) is 0 Å². The van der Waals surface area contributed by atoms with E-state index >= 15 is 0 Å². The summed E-state index contributed by atoms with van der Waals surface area (Å²) in [6.45, 7) is 4.65. The van der Waals surface area contributed by atoms with Crippen LogP contribution < -0.4 is 15.8 Å². The minimum Gasteiger partial charge on any atom is -0.488 e. The lowest BCUT2D eigenvalue weighted by Gasteiger charge is -2.20. The molecule has 1 saturated carbocycles. The molecule has 2 rings (SSSR count). The maximum Gasteiger partial charge on any atom is 0.223 e. The predicted molar refractivity (Wildman–Crippen MR) is 84.2 cm³/mol. The van der Waals surface area contributed by atoms with Crippen molar-refractivity contribution in [3.8, 4) is 5.75 Å². The van der Waals surface area contributed by atoms with Gasteiger partial charge in [-0.3, -0.25) is 4.79 Å². The molecule has 0 spiro atoms. The van der Waals surface area contributed by atoms with E-state index in [9.17, 15) is 4.79 Å². The van der Waals surface area contributed by atoms with Crippen molar-refractivity contribution in [2.45, 2.75) is 51.7 Å². The summed E-state index contributed by atoms with van der Waals surface area (Å²) in [5, 5.41) is 3.02. The van der Waals surface area contributed by atoms with Gasteiger partial charge >= 0.3 is 0 Å². The second-order valence-electron chi connectivity index (χ2n) is 5.93. The van der Waals surface area contributed by atoms with Crippen LogP contribution in [-0.2, 0) is 4.79 Å². The molecule has 3 N–H and O–H groups in total. The molecule has 0 heterocycles. The zero-order valence-electron chi connectivity index (χ0n) is 13.0. The first-order valence-electron chi connectivity index (χ1n) is 7.85. The Morgan fingerprint density at radius 2 is 2.19 bits per heavy atom. The van der Waals surface area contributed by atoms with Crippen LogP contribution in [0.4, 0.5) is 0 Å². The van der Waals surface area contributed by atoms with Crippen LogP contribution in [0.1, 0.15) is 38.2 Å². The van der Waals surface area contributed by atoms with Gasteiger partial charge in [0.25, 0.3) is 0 Å². The van der Waals surface area contributed by atoms with Crippen LogP contribution in [0.15, 0.2) is 24.3 Å². The smallest absolute Gasteiger partial charge is 0.223 e. The Morgan fingerprint density at radius 1 is 1.43 bits per heavy atom. The highest BCUT2D eigenvalue weighted by atomic mass is 16.5. The molecule has 1 amide bonds. The Balaban J connectivity index is 1.82. The Hall–Kier alpha value is -1.55. The molecule has 0 bridgehead atoms. The van der Waals surface area contributed by atoms with Crippen molar-refractivity contribution in [2.24, 2.45) is 11.7 Å². The highest BCUT2D eigenvalue weighted by molar-refractivity contribution is 5.79. The third kappa shape index (κ3) is 4.46. The molecule has 1 aromatic rings. The summed E-state index contributed by atoms with van der Waals surface area (Å²) in [6.07, 6.45) is 3.53. The first-order chi connectivity index (χ1) is 10.1. The first-order valence-corrected chi connectivity index (χ1v) is 7.85. The monoisotopic (exact) mass is 290 g/mol. The number of benzene rings is 1. The quantitative estimate of drug-likeness (QED) is 0.845. The van der Waals surface area contributed by atoms with Gasteiger partial charge in [-0.1, -0.05) is 25.1 Å². The third-order valence-electron chi connectivity index (χ3n) is 4.19. The van der Waals surface area contributed by atoms with Crippen LogP contribution in [-0.4, -0.2) is 24.6 Å². The first kappa shape index (κ1) is 15.8. The maximum atomic E-state index is 12.1. The van der Waals surface area contributed by atoms with Gasteiger partial charge in [-0.15, -0.1) is 0 Å². The van der Waals surface area contributed by atoms with Gasteiger partial charge in [0.1, 0.15) is 11.9 Å². The lowest BCUT2D eigenvalue weighted by atomic mass is 10.1. The molecular formula is C17H26N2O2. The van der Waals surface area contributed by atoms with E-state index in [0.29, 0.717) is 6.54 Å². The minimum absolute atomic E-state index is 0.00475. The standard InChI is InChI=1S/C17H26N2O2/c1-3-15(21-16-7-5-4-6-12(16)2)11-19-17(20)13-8-9-14(18)10-13/h4-7,13-15H,3,8-11,18H2,1-2H3,(H,19,20). The van der Waals surface area contributed by atoms with E-state index in [0.717, 1.165) is 37.0 Å². The fraction of sp³-hybridized carbons (Fsp3) is 0.588. The summed E-state index contributed by atoms with van der Waals surface area (Å²) < 4.78 is 5.99. The summed E-state index contributed by atoms with van der Waals surface area (Å²) >= 11 is 0. The molecule has 3 atom stereocenters. The average Bonchev–Trinajstić information content (AvgIpc) is 2.91. The molecule has 0 aliphatic heterocycles. The largest absolute Gasteiger partial charge is 0.488 e. The van der Waals surface area contributed by atoms with E-state index in [-0.39, 0.29) is 24.0 Å². The fourth-order valence-corrected chi connectivity index (χ4v) is 2.75. The van der Waals surface area contributed by atoms with Gasteiger partial charge < -0.3 is 15.8 Å². The van der Waals surface area contributed by atoms with Crippen LogP contribution in [0.2, 0.25) is 0 Å². The molecule has 0 aromatic heterocycles. The van der Waals surface area contributed by atoms with Crippen molar-refractivity contribution >= 4 is 5.91 Å². The van der Waals surface area contributed by atoms with Crippen molar-refractivity contribution in [3.05, 3.63) is 29.8 Å². The molecule has 1 fully saturated rings. The van der Waals surface area contributed by atoms with Crippen molar-refractivity contribution in [3.63, 3.8) is 0 Å². The van der Waals surface area contributed by atoms with Crippen LogP contribution in [0.3, 0.4) is 0 Å². The number of nitrogens with two attached hydrogens (primary N) is 1. The van der Waals surface area contributed by atoms with Crippen molar-refractivity contribution < 1.29 is 9.53 Å². The fourth-order valence-electron chi connectivity index (χ4n) is 2.75. The zero-order chi connectivity index (χ0) is 15.2.